The van der Waals surface area contributed by atoms with E-state index in [0.717, 1.165) is 25.1 Å². The molecule has 2 heterocycles. The van der Waals surface area contributed by atoms with E-state index in [-0.39, 0.29) is 18.6 Å². The molecule has 0 radical (unpaired) electrons. The minimum absolute atomic E-state index is 0.0698. The molecule has 1 N–H and O–H groups in total. The van der Waals surface area contributed by atoms with Crippen LogP contribution in [0.2, 0.25) is 5.02 Å². The fraction of sp³-hybridized carbons (Fsp3) is 0.636. The Kier molecular flexibility index (Phi) is 4.02. The van der Waals surface area contributed by atoms with E-state index in [1.54, 1.807) is 10.9 Å². The van der Waals surface area contributed by atoms with Crippen LogP contribution in [0, 0.1) is 6.92 Å². The molecule has 1 aromatic heterocycles. The maximum absolute atomic E-state index is 11.6. The van der Waals surface area contributed by atoms with Gasteiger partial charge in [-0.3, -0.25) is 9.48 Å². The molecule has 17 heavy (non-hydrogen) atoms. The van der Waals surface area contributed by atoms with Crippen molar-refractivity contribution in [3.63, 3.8) is 0 Å². The Hall–Kier alpha value is -1.07. The summed E-state index contributed by atoms with van der Waals surface area (Å²) in [6, 6.07) is 0. The molecule has 6 heteroatoms. The Bertz CT molecular complexity index is 380. The second kappa shape index (κ2) is 5.51. The van der Waals surface area contributed by atoms with Crippen LogP contribution in [0.1, 0.15) is 18.5 Å². The minimum atomic E-state index is -0.0698. The van der Waals surface area contributed by atoms with E-state index in [4.69, 9.17) is 16.3 Å². The van der Waals surface area contributed by atoms with Gasteiger partial charge in [-0.25, -0.2) is 0 Å². The van der Waals surface area contributed by atoms with Crippen LogP contribution in [0.5, 0.6) is 0 Å². The number of halogens is 1. The summed E-state index contributed by atoms with van der Waals surface area (Å²) in [5.41, 5.74) is 0.735. The maximum atomic E-state index is 11.6. The van der Waals surface area contributed by atoms with Gasteiger partial charge in [0.2, 0.25) is 5.91 Å². The van der Waals surface area contributed by atoms with Crippen molar-refractivity contribution < 1.29 is 9.53 Å². The van der Waals surface area contributed by atoms with Crippen LogP contribution in [-0.2, 0) is 16.1 Å². The van der Waals surface area contributed by atoms with Gasteiger partial charge in [0.1, 0.15) is 6.54 Å². The predicted octanol–water partition coefficient (Wildman–Crippen LogP) is 1.14. The number of aryl methyl sites for hydroxylation is 1. The number of nitrogens with zero attached hydrogens (tertiary/aromatic N) is 2. The van der Waals surface area contributed by atoms with Crippen LogP contribution in [0.25, 0.3) is 0 Å². The number of hydrogen-bond acceptors (Lipinski definition) is 3. The first kappa shape index (κ1) is 12.4. The van der Waals surface area contributed by atoms with E-state index in [1.807, 2.05) is 6.92 Å². The highest BCUT2D eigenvalue weighted by Crippen LogP contribution is 2.12. The Morgan fingerprint density at radius 3 is 3.18 bits per heavy atom. The van der Waals surface area contributed by atoms with Gasteiger partial charge in [-0.1, -0.05) is 11.6 Å². The molecule has 1 unspecified atom stereocenters. The van der Waals surface area contributed by atoms with Crippen LogP contribution in [0.4, 0.5) is 0 Å². The lowest BCUT2D eigenvalue weighted by Gasteiger charge is -2.10. The number of carbonyl (C=O) groups is 1. The third kappa shape index (κ3) is 3.44. The smallest absolute Gasteiger partial charge is 0.241 e. The van der Waals surface area contributed by atoms with Gasteiger partial charge in [0.05, 0.1) is 16.8 Å². The topological polar surface area (TPSA) is 56.2 Å². The van der Waals surface area contributed by atoms with Crippen molar-refractivity contribution in [3.8, 4) is 0 Å². The molecule has 1 aliphatic rings. The van der Waals surface area contributed by atoms with Crippen LogP contribution in [-0.4, -0.2) is 34.9 Å². The molecule has 1 saturated heterocycles. The molecule has 0 aliphatic carbocycles. The zero-order valence-corrected chi connectivity index (χ0v) is 10.5. The zero-order valence-electron chi connectivity index (χ0n) is 9.78. The van der Waals surface area contributed by atoms with Crippen LogP contribution < -0.4 is 5.32 Å². The highest BCUT2D eigenvalue weighted by Gasteiger charge is 2.16. The summed E-state index contributed by atoms with van der Waals surface area (Å²) in [6.07, 6.45) is 3.92. The molecular weight excluding hydrogens is 242 g/mol. The van der Waals surface area contributed by atoms with E-state index in [2.05, 4.69) is 10.4 Å². The fourth-order valence-corrected chi connectivity index (χ4v) is 1.96. The van der Waals surface area contributed by atoms with Gasteiger partial charge in [-0.2, -0.15) is 5.10 Å². The Labute approximate surface area is 105 Å². The summed E-state index contributed by atoms with van der Waals surface area (Å²) in [7, 11) is 0. The van der Waals surface area contributed by atoms with Gasteiger partial charge < -0.3 is 10.1 Å². The van der Waals surface area contributed by atoms with Gasteiger partial charge in [0, 0.05) is 19.3 Å². The van der Waals surface area contributed by atoms with Crippen molar-refractivity contribution in [3.05, 3.63) is 16.9 Å². The van der Waals surface area contributed by atoms with Gasteiger partial charge in [0.25, 0.3) is 0 Å². The molecule has 1 aliphatic heterocycles. The molecule has 2 rings (SSSR count). The normalized spacial score (nSPS) is 19.5. The van der Waals surface area contributed by atoms with Crippen LogP contribution in [0.3, 0.4) is 0 Å². The van der Waals surface area contributed by atoms with E-state index in [0.29, 0.717) is 11.6 Å². The molecule has 94 valence electrons. The number of nitrogens with one attached hydrogen (secondary N) is 1. The van der Waals surface area contributed by atoms with E-state index >= 15 is 0 Å². The molecule has 0 saturated carbocycles. The predicted molar refractivity (Wildman–Crippen MR) is 64.0 cm³/mol. The minimum Gasteiger partial charge on any atom is -0.376 e. The van der Waals surface area contributed by atoms with Gasteiger partial charge in [-0.05, 0) is 19.8 Å². The number of carbonyl (C=O) groups excluding carboxylic acids is 1. The summed E-state index contributed by atoms with van der Waals surface area (Å²) in [5.74, 6) is -0.0698. The van der Waals surface area contributed by atoms with Crippen LogP contribution in [0.15, 0.2) is 6.20 Å². The number of hydrogen-bond donors (Lipinski definition) is 1. The lowest BCUT2D eigenvalue weighted by atomic mass is 10.2. The lowest BCUT2D eigenvalue weighted by molar-refractivity contribution is -0.122. The molecule has 1 atom stereocenters. The van der Waals surface area contributed by atoms with E-state index in [9.17, 15) is 4.79 Å². The standard InChI is InChI=1S/C11H16ClN3O2/c1-8-10(12)6-15(14-8)7-11(16)13-5-9-3-2-4-17-9/h6,9H,2-5,7H2,1H3,(H,13,16). The third-order valence-corrected chi connectivity index (χ3v) is 3.11. The number of aromatic nitrogens is 2. The van der Waals surface area contributed by atoms with E-state index in [1.165, 1.54) is 0 Å². The molecule has 1 amide bonds. The number of ether oxygens (including phenoxy) is 1. The summed E-state index contributed by atoms with van der Waals surface area (Å²) in [5, 5.41) is 7.54. The largest absolute Gasteiger partial charge is 0.376 e. The first-order chi connectivity index (χ1) is 8.15. The zero-order chi connectivity index (χ0) is 12.3. The fourth-order valence-electron chi connectivity index (χ4n) is 1.81. The van der Waals surface area contributed by atoms with Gasteiger partial charge >= 0.3 is 0 Å². The van der Waals surface area contributed by atoms with Crippen molar-refractivity contribution in [1.82, 2.24) is 15.1 Å². The molecule has 0 bridgehead atoms. The van der Waals surface area contributed by atoms with Gasteiger partial charge in [-0.15, -0.1) is 0 Å². The molecule has 0 spiro atoms. The summed E-state index contributed by atoms with van der Waals surface area (Å²) >= 11 is 5.86. The average Bonchev–Trinajstić information content (AvgIpc) is 2.87. The summed E-state index contributed by atoms with van der Waals surface area (Å²) < 4.78 is 6.96. The van der Waals surface area contributed by atoms with Crippen molar-refractivity contribution in [2.45, 2.75) is 32.4 Å². The first-order valence-corrected chi connectivity index (χ1v) is 6.11. The highest BCUT2D eigenvalue weighted by molar-refractivity contribution is 6.31. The van der Waals surface area contributed by atoms with Crippen molar-refractivity contribution >= 4 is 17.5 Å². The molecule has 5 nitrogen and oxygen atoms in total. The SMILES string of the molecule is Cc1nn(CC(=O)NCC2CCCO2)cc1Cl. The second-order valence-corrected chi connectivity index (χ2v) is 4.61. The van der Waals surface area contributed by atoms with Crippen molar-refractivity contribution in [1.29, 1.82) is 0 Å². The monoisotopic (exact) mass is 257 g/mol. The summed E-state index contributed by atoms with van der Waals surface area (Å²) in [4.78, 5) is 11.6. The van der Waals surface area contributed by atoms with Crippen molar-refractivity contribution in [2.75, 3.05) is 13.2 Å². The van der Waals surface area contributed by atoms with Gasteiger partial charge in [0.15, 0.2) is 0 Å². The average molecular weight is 258 g/mol. The Balaban J connectivity index is 1.76. The number of rotatable bonds is 4. The molecular formula is C11H16ClN3O2. The Morgan fingerprint density at radius 1 is 1.76 bits per heavy atom. The van der Waals surface area contributed by atoms with Crippen LogP contribution >= 0.6 is 11.6 Å². The summed E-state index contributed by atoms with van der Waals surface area (Å²) in [6.45, 7) is 3.38. The van der Waals surface area contributed by atoms with E-state index < -0.39 is 0 Å². The first-order valence-electron chi connectivity index (χ1n) is 5.73. The lowest BCUT2D eigenvalue weighted by Crippen LogP contribution is -2.34. The number of amides is 1. The molecule has 1 aromatic rings. The maximum Gasteiger partial charge on any atom is 0.241 e. The molecule has 1 fully saturated rings. The van der Waals surface area contributed by atoms with Crippen molar-refractivity contribution in [2.24, 2.45) is 0 Å². The molecule has 0 aromatic carbocycles. The third-order valence-electron chi connectivity index (χ3n) is 2.74. The Morgan fingerprint density at radius 2 is 2.59 bits per heavy atom. The highest BCUT2D eigenvalue weighted by atomic mass is 35.5. The quantitative estimate of drug-likeness (QED) is 0.880. The second-order valence-electron chi connectivity index (χ2n) is 4.20.